The van der Waals surface area contributed by atoms with E-state index in [-0.39, 0.29) is 11.9 Å². The molecule has 2 aromatic rings. The van der Waals surface area contributed by atoms with Crippen LogP contribution in [0.3, 0.4) is 0 Å². The number of nitrogens with zero attached hydrogens (tertiary/aromatic N) is 1. The van der Waals surface area contributed by atoms with Gasteiger partial charge in [-0.1, -0.05) is 6.07 Å². The molecule has 2 N–H and O–H groups in total. The minimum atomic E-state index is -0.185. The van der Waals surface area contributed by atoms with Gasteiger partial charge >= 0.3 is 0 Å². The van der Waals surface area contributed by atoms with Crippen LogP contribution in [0.5, 0.6) is 5.75 Å². The number of methoxy groups -OCH3 is 1. The lowest BCUT2D eigenvalue weighted by atomic mass is 10.2. The summed E-state index contributed by atoms with van der Waals surface area (Å²) < 4.78 is 5.35. The summed E-state index contributed by atoms with van der Waals surface area (Å²) in [5, 5.41) is 6.10. The van der Waals surface area contributed by atoms with Crippen molar-refractivity contribution < 1.29 is 9.53 Å². The van der Waals surface area contributed by atoms with Crippen LogP contribution in [-0.4, -0.2) is 24.0 Å². The van der Waals surface area contributed by atoms with Gasteiger partial charge in [0.2, 0.25) is 0 Å². The molecule has 0 bridgehead atoms. The molecule has 0 aliphatic carbocycles. The highest BCUT2D eigenvalue weighted by Gasteiger charge is 2.10. The number of hydrogen-bond acceptors (Lipinski definition) is 4. The maximum atomic E-state index is 12.0. The van der Waals surface area contributed by atoms with Crippen LogP contribution in [0.1, 0.15) is 29.9 Å². The third-order valence-corrected chi connectivity index (χ3v) is 3.05. The van der Waals surface area contributed by atoms with E-state index < -0.39 is 0 Å². The zero-order valence-electron chi connectivity index (χ0n) is 13.3. The second-order valence-corrected chi connectivity index (χ2v) is 5.39. The van der Waals surface area contributed by atoms with Crippen LogP contribution in [0.2, 0.25) is 0 Å². The van der Waals surface area contributed by atoms with Gasteiger partial charge in [-0.15, -0.1) is 0 Å². The van der Waals surface area contributed by atoms with Gasteiger partial charge in [-0.05, 0) is 50.6 Å². The van der Waals surface area contributed by atoms with Gasteiger partial charge in [-0.2, -0.15) is 0 Å². The Morgan fingerprint density at radius 1 is 1.23 bits per heavy atom. The zero-order valence-corrected chi connectivity index (χ0v) is 13.3. The number of benzene rings is 1. The van der Waals surface area contributed by atoms with Gasteiger partial charge in [0.25, 0.3) is 5.91 Å². The van der Waals surface area contributed by atoms with Crippen LogP contribution in [0.4, 0.5) is 11.4 Å². The second-order valence-electron chi connectivity index (χ2n) is 5.39. The van der Waals surface area contributed by atoms with E-state index in [1.807, 2.05) is 45.0 Å². The van der Waals surface area contributed by atoms with Crippen LogP contribution in [0, 0.1) is 6.92 Å². The molecule has 1 aromatic carbocycles. The first-order chi connectivity index (χ1) is 10.5. The first-order valence-electron chi connectivity index (χ1n) is 7.18. The molecule has 116 valence electrons. The highest BCUT2D eigenvalue weighted by atomic mass is 16.5. The third-order valence-electron chi connectivity index (χ3n) is 3.05. The number of hydrogen-bond donors (Lipinski definition) is 2. The zero-order chi connectivity index (χ0) is 16.1. The van der Waals surface area contributed by atoms with E-state index in [4.69, 9.17) is 4.74 Å². The Kier molecular flexibility index (Phi) is 4.99. The Bertz CT molecular complexity index is 669. The van der Waals surface area contributed by atoms with E-state index in [0.29, 0.717) is 5.69 Å². The number of pyridine rings is 1. The summed E-state index contributed by atoms with van der Waals surface area (Å²) in [4.78, 5) is 16.1. The molecule has 22 heavy (non-hydrogen) atoms. The van der Waals surface area contributed by atoms with Crippen molar-refractivity contribution in [1.29, 1.82) is 0 Å². The molecule has 5 heteroatoms. The molecule has 5 nitrogen and oxygen atoms in total. The molecule has 0 unspecified atom stereocenters. The minimum Gasteiger partial charge on any atom is -0.495 e. The maximum absolute atomic E-state index is 12.0. The number of carbonyl (C=O) groups is 1. The van der Waals surface area contributed by atoms with E-state index in [2.05, 4.69) is 15.6 Å². The Labute approximate surface area is 130 Å². The van der Waals surface area contributed by atoms with Gasteiger partial charge in [0, 0.05) is 17.9 Å². The highest BCUT2D eigenvalue weighted by molar-refractivity contribution is 5.93. The van der Waals surface area contributed by atoms with Crippen molar-refractivity contribution in [2.24, 2.45) is 0 Å². The average Bonchev–Trinajstić information content (AvgIpc) is 2.47. The normalized spacial score (nSPS) is 10.4. The Morgan fingerprint density at radius 2 is 2.00 bits per heavy atom. The number of carbonyl (C=O) groups excluding carboxylic acids is 1. The van der Waals surface area contributed by atoms with Gasteiger partial charge in [-0.3, -0.25) is 9.78 Å². The number of rotatable bonds is 5. The quantitative estimate of drug-likeness (QED) is 0.889. The topological polar surface area (TPSA) is 63.2 Å². The third kappa shape index (κ3) is 3.97. The van der Waals surface area contributed by atoms with Crippen LogP contribution < -0.4 is 15.4 Å². The van der Waals surface area contributed by atoms with E-state index in [1.54, 1.807) is 19.4 Å². The predicted molar refractivity (Wildman–Crippen MR) is 87.9 cm³/mol. The standard InChI is InChI=1S/C17H21N3O2/c1-11(2)19-17(21)15-10-13(7-8-18-15)20-14-9-12(3)5-6-16(14)22-4/h5-11H,1-4H3,(H,18,20)(H,19,21). The molecular formula is C17H21N3O2. The number of aromatic nitrogens is 1. The molecule has 0 aliphatic rings. The van der Waals surface area contributed by atoms with Gasteiger partial charge in [0.1, 0.15) is 11.4 Å². The SMILES string of the molecule is COc1ccc(C)cc1Nc1ccnc(C(=O)NC(C)C)c1. The van der Waals surface area contributed by atoms with Crippen LogP contribution in [0.25, 0.3) is 0 Å². The average molecular weight is 299 g/mol. The summed E-state index contributed by atoms with van der Waals surface area (Å²) in [5.41, 5.74) is 3.14. The van der Waals surface area contributed by atoms with Crippen LogP contribution in [-0.2, 0) is 0 Å². The molecule has 0 aliphatic heterocycles. The lowest BCUT2D eigenvalue weighted by Gasteiger charge is -2.13. The molecule has 1 aromatic heterocycles. The summed E-state index contributed by atoms with van der Waals surface area (Å²) in [6, 6.07) is 9.49. The smallest absolute Gasteiger partial charge is 0.270 e. The van der Waals surface area contributed by atoms with E-state index in [9.17, 15) is 4.79 Å². The molecule has 0 saturated heterocycles. The number of ether oxygens (including phenoxy) is 1. The van der Waals surface area contributed by atoms with Crippen molar-refractivity contribution in [3.05, 3.63) is 47.8 Å². The lowest BCUT2D eigenvalue weighted by Crippen LogP contribution is -2.30. The molecule has 0 radical (unpaired) electrons. The second kappa shape index (κ2) is 6.93. The lowest BCUT2D eigenvalue weighted by molar-refractivity contribution is 0.0938. The summed E-state index contributed by atoms with van der Waals surface area (Å²) in [6.07, 6.45) is 1.61. The van der Waals surface area contributed by atoms with Crippen molar-refractivity contribution in [3.63, 3.8) is 0 Å². The number of anilines is 2. The summed E-state index contributed by atoms with van der Waals surface area (Å²) in [6.45, 7) is 5.84. The maximum Gasteiger partial charge on any atom is 0.270 e. The summed E-state index contributed by atoms with van der Waals surface area (Å²) >= 11 is 0. The summed E-state index contributed by atoms with van der Waals surface area (Å²) in [5.74, 6) is 0.561. The van der Waals surface area contributed by atoms with Gasteiger partial charge < -0.3 is 15.4 Å². The first kappa shape index (κ1) is 15.8. The molecule has 1 amide bonds. The molecular weight excluding hydrogens is 278 g/mol. The van der Waals surface area contributed by atoms with Crippen molar-refractivity contribution in [1.82, 2.24) is 10.3 Å². The predicted octanol–water partition coefficient (Wildman–Crippen LogP) is 3.28. The Hall–Kier alpha value is -2.56. The van der Waals surface area contributed by atoms with Crippen molar-refractivity contribution in [2.45, 2.75) is 26.8 Å². The highest BCUT2D eigenvalue weighted by Crippen LogP contribution is 2.28. The molecule has 0 fully saturated rings. The van der Waals surface area contributed by atoms with Crippen molar-refractivity contribution in [2.75, 3.05) is 12.4 Å². The van der Waals surface area contributed by atoms with E-state index >= 15 is 0 Å². The van der Waals surface area contributed by atoms with E-state index in [1.165, 1.54) is 0 Å². The fourth-order valence-electron chi connectivity index (χ4n) is 2.04. The number of nitrogens with one attached hydrogen (secondary N) is 2. The molecule has 2 rings (SSSR count). The van der Waals surface area contributed by atoms with Crippen molar-refractivity contribution in [3.8, 4) is 5.75 Å². The Balaban J connectivity index is 2.24. The van der Waals surface area contributed by atoms with Gasteiger partial charge in [0.05, 0.1) is 12.8 Å². The van der Waals surface area contributed by atoms with Crippen LogP contribution >= 0.6 is 0 Å². The van der Waals surface area contributed by atoms with E-state index in [0.717, 1.165) is 22.7 Å². The molecule has 1 heterocycles. The molecule has 0 spiro atoms. The van der Waals surface area contributed by atoms with Gasteiger partial charge in [-0.25, -0.2) is 0 Å². The fraction of sp³-hybridized carbons (Fsp3) is 0.294. The molecule has 0 saturated carbocycles. The largest absolute Gasteiger partial charge is 0.495 e. The monoisotopic (exact) mass is 299 g/mol. The fourth-order valence-corrected chi connectivity index (χ4v) is 2.04. The number of aryl methyl sites for hydroxylation is 1. The molecule has 0 atom stereocenters. The van der Waals surface area contributed by atoms with Gasteiger partial charge in [0.15, 0.2) is 0 Å². The number of amides is 1. The Morgan fingerprint density at radius 3 is 2.68 bits per heavy atom. The first-order valence-corrected chi connectivity index (χ1v) is 7.18. The minimum absolute atomic E-state index is 0.0720. The summed E-state index contributed by atoms with van der Waals surface area (Å²) in [7, 11) is 1.63. The van der Waals surface area contributed by atoms with Crippen molar-refractivity contribution >= 4 is 17.3 Å². The van der Waals surface area contributed by atoms with Crippen LogP contribution in [0.15, 0.2) is 36.5 Å².